The van der Waals surface area contributed by atoms with E-state index in [-0.39, 0.29) is 12.1 Å². The molecule has 1 aromatic rings. The Labute approximate surface area is 87.7 Å². The summed E-state index contributed by atoms with van der Waals surface area (Å²) < 4.78 is 15.8. The fourth-order valence-electron chi connectivity index (χ4n) is 1.40. The molecule has 15 heavy (non-hydrogen) atoms. The van der Waals surface area contributed by atoms with E-state index < -0.39 is 0 Å². The highest BCUT2D eigenvalue weighted by atomic mass is 16.6. The van der Waals surface area contributed by atoms with E-state index in [1.807, 2.05) is 6.92 Å². The molecule has 2 heterocycles. The van der Waals surface area contributed by atoms with Crippen molar-refractivity contribution in [3.63, 3.8) is 0 Å². The molecule has 0 aromatic carbocycles. The molecule has 0 saturated carbocycles. The van der Waals surface area contributed by atoms with Crippen LogP contribution in [0, 0.1) is 0 Å². The molecule has 2 atom stereocenters. The first-order chi connectivity index (χ1) is 7.25. The van der Waals surface area contributed by atoms with Crippen LogP contribution in [0.25, 0.3) is 0 Å². The number of ether oxygens (including phenoxy) is 2. The molecule has 6 heteroatoms. The first-order valence-corrected chi connectivity index (χ1v) is 5.03. The molecule has 1 aromatic heterocycles. The highest BCUT2D eigenvalue weighted by Gasteiger charge is 2.23. The summed E-state index contributed by atoms with van der Waals surface area (Å²) in [6.07, 6.45) is 0.380. The van der Waals surface area contributed by atoms with Crippen LogP contribution in [0.3, 0.4) is 0 Å². The van der Waals surface area contributed by atoms with Gasteiger partial charge in [0.05, 0.1) is 19.8 Å². The SMILES string of the molecule is CC(N)Cc1noc(C2COCCO2)n1. The van der Waals surface area contributed by atoms with Gasteiger partial charge in [-0.05, 0) is 6.92 Å². The van der Waals surface area contributed by atoms with Crippen LogP contribution in [0.2, 0.25) is 0 Å². The van der Waals surface area contributed by atoms with Crippen LogP contribution in [0.4, 0.5) is 0 Å². The van der Waals surface area contributed by atoms with Gasteiger partial charge in [0, 0.05) is 12.5 Å². The van der Waals surface area contributed by atoms with Crippen LogP contribution < -0.4 is 5.73 Å². The minimum atomic E-state index is -0.229. The van der Waals surface area contributed by atoms with Crippen molar-refractivity contribution >= 4 is 0 Å². The van der Waals surface area contributed by atoms with Gasteiger partial charge in [0.1, 0.15) is 0 Å². The topological polar surface area (TPSA) is 83.4 Å². The Bertz CT molecular complexity index is 307. The second kappa shape index (κ2) is 4.69. The Morgan fingerprint density at radius 2 is 2.40 bits per heavy atom. The first-order valence-electron chi connectivity index (χ1n) is 5.03. The molecule has 0 bridgehead atoms. The minimum absolute atomic E-state index is 0.0268. The highest BCUT2D eigenvalue weighted by molar-refractivity contribution is 4.92. The summed E-state index contributed by atoms with van der Waals surface area (Å²) in [4.78, 5) is 4.21. The van der Waals surface area contributed by atoms with Gasteiger partial charge in [0.15, 0.2) is 11.9 Å². The zero-order valence-corrected chi connectivity index (χ0v) is 8.68. The maximum Gasteiger partial charge on any atom is 0.258 e. The molecule has 2 rings (SSSR count). The third-order valence-electron chi connectivity index (χ3n) is 2.08. The zero-order chi connectivity index (χ0) is 10.7. The normalized spacial score (nSPS) is 24.0. The van der Waals surface area contributed by atoms with Crippen molar-refractivity contribution in [3.05, 3.63) is 11.7 Å². The lowest BCUT2D eigenvalue weighted by molar-refractivity contribution is -0.101. The van der Waals surface area contributed by atoms with E-state index in [4.69, 9.17) is 19.7 Å². The quantitative estimate of drug-likeness (QED) is 0.763. The van der Waals surface area contributed by atoms with Crippen LogP contribution in [0.5, 0.6) is 0 Å². The number of nitrogens with two attached hydrogens (primary N) is 1. The van der Waals surface area contributed by atoms with Crippen LogP contribution in [-0.2, 0) is 15.9 Å². The molecule has 0 aliphatic carbocycles. The molecule has 1 fully saturated rings. The van der Waals surface area contributed by atoms with Crippen LogP contribution in [0.15, 0.2) is 4.52 Å². The van der Waals surface area contributed by atoms with Crippen molar-refractivity contribution < 1.29 is 14.0 Å². The van der Waals surface area contributed by atoms with Crippen LogP contribution in [-0.4, -0.2) is 36.0 Å². The monoisotopic (exact) mass is 213 g/mol. The molecule has 1 saturated heterocycles. The average Bonchev–Trinajstić information content (AvgIpc) is 2.67. The number of hydrogen-bond acceptors (Lipinski definition) is 6. The molecule has 6 nitrogen and oxygen atoms in total. The van der Waals surface area contributed by atoms with Gasteiger partial charge in [0.2, 0.25) is 0 Å². The lowest BCUT2D eigenvalue weighted by Crippen LogP contribution is -2.22. The molecular weight excluding hydrogens is 198 g/mol. The molecule has 1 aliphatic rings. The molecule has 0 spiro atoms. The maximum absolute atomic E-state index is 5.63. The predicted molar refractivity (Wildman–Crippen MR) is 51.2 cm³/mol. The minimum Gasteiger partial charge on any atom is -0.376 e. The van der Waals surface area contributed by atoms with Gasteiger partial charge < -0.3 is 19.7 Å². The molecule has 1 aliphatic heterocycles. The maximum atomic E-state index is 5.63. The number of nitrogens with zero attached hydrogens (tertiary/aromatic N) is 2. The molecule has 84 valence electrons. The zero-order valence-electron chi connectivity index (χ0n) is 8.68. The summed E-state index contributed by atoms with van der Waals surface area (Å²) >= 11 is 0. The largest absolute Gasteiger partial charge is 0.376 e. The van der Waals surface area contributed by atoms with Crippen molar-refractivity contribution in [2.75, 3.05) is 19.8 Å². The van der Waals surface area contributed by atoms with E-state index in [0.717, 1.165) is 0 Å². The lowest BCUT2D eigenvalue weighted by Gasteiger charge is -2.19. The van der Waals surface area contributed by atoms with Gasteiger partial charge >= 0.3 is 0 Å². The molecule has 2 unspecified atom stereocenters. The summed E-state index contributed by atoms with van der Waals surface area (Å²) in [5, 5.41) is 3.83. The second-order valence-corrected chi connectivity index (χ2v) is 3.66. The van der Waals surface area contributed by atoms with E-state index in [2.05, 4.69) is 10.1 Å². The van der Waals surface area contributed by atoms with Gasteiger partial charge in [-0.1, -0.05) is 5.16 Å². The lowest BCUT2D eigenvalue weighted by atomic mass is 10.2. The fraction of sp³-hybridized carbons (Fsp3) is 0.778. The Hall–Kier alpha value is -0.980. The van der Waals surface area contributed by atoms with Crippen LogP contribution >= 0.6 is 0 Å². The van der Waals surface area contributed by atoms with E-state index in [0.29, 0.717) is 38.0 Å². The molecule has 0 amide bonds. The smallest absolute Gasteiger partial charge is 0.258 e. The van der Waals surface area contributed by atoms with Crippen LogP contribution in [0.1, 0.15) is 24.7 Å². The van der Waals surface area contributed by atoms with E-state index in [1.165, 1.54) is 0 Å². The second-order valence-electron chi connectivity index (χ2n) is 3.66. The summed E-state index contributed by atoms with van der Waals surface area (Å²) in [5.74, 6) is 1.10. The van der Waals surface area contributed by atoms with Crippen molar-refractivity contribution in [1.82, 2.24) is 10.1 Å². The number of aromatic nitrogens is 2. The van der Waals surface area contributed by atoms with Gasteiger partial charge in [-0.3, -0.25) is 0 Å². The van der Waals surface area contributed by atoms with Crippen molar-refractivity contribution in [2.24, 2.45) is 5.73 Å². The van der Waals surface area contributed by atoms with Gasteiger partial charge in [0.25, 0.3) is 5.89 Å². The number of rotatable bonds is 3. The standard InChI is InChI=1S/C9H15N3O3/c1-6(10)4-8-11-9(15-12-8)7-5-13-2-3-14-7/h6-7H,2-5,10H2,1H3. The van der Waals surface area contributed by atoms with Gasteiger partial charge in [-0.25, -0.2) is 0 Å². The van der Waals surface area contributed by atoms with E-state index >= 15 is 0 Å². The van der Waals surface area contributed by atoms with Crippen molar-refractivity contribution in [3.8, 4) is 0 Å². The summed E-state index contributed by atoms with van der Waals surface area (Å²) in [6.45, 7) is 3.56. The fourth-order valence-corrected chi connectivity index (χ4v) is 1.40. The summed E-state index contributed by atoms with van der Waals surface area (Å²) in [7, 11) is 0. The Morgan fingerprint density at radius 3 is 3.07 bits per heavy atom. The van der Waals surface area contributed by atoms with Crippen molar-refractivity contribution in [2.45, 2.75) is 25.5 Å². The third kappa shape index (κ3) is 2.74. The summed E-state index contributed by atoms with van der Waals surface area (Å²) in [6, 6.07) is 0.0268. The van der Waals surface area contributed by atoms with E-state index in [1.54, 1.807) is 0 Å². The average molecular weight is 213 g/mol. The Morgan fingerprint density at radius 1 is 1.53 bits per heavy atom. The Balaban J connectivity index is 1.99. The van der Waals surface area contributed by atoms with Crippen molar-refractivity contribution in [1.29, 1.82) is 0 Å². The number of hydrogen-bond donors (Lipinski definition) is 1. The molecular formula is C9H15N3O3. The Kier molecular flexibility index (Phi) is 3.30. The van der Waals surface area contributed by atoms with E-state index in [9.17, 15) is 0 Å². The van der Waals surface area contributed by atoms with Gasteiger partial charge in [-0.15, -0.1) is 0 Å². The first kappa shape index (κ1) is 10.5. The predicted octanol–water partition coefficient (Wildman–Crippen LogP) is 0.0472. The molecule has 0 radical (unpaired) electrons. The third-order valence-corrected chi connectivity index (χ3v) is 2.08. The highest BCUT2D eigenvalue weighted by Crippen LogP contribution is 2.18. The molecule has 2 N–H and O–H groups in total. The van der Waals surface area contributed by atoms with Gasteiger partial charge in [-0.2, -0.15) is 4.98 Å². The summed E-state index contributed by atoms with van der Waals surface area (Å²) in [5.41, 5.74) is 5.63.